The molecule has 0 aromatic carbocycles. The molecular formula is C20H36N4O3. The highest BCUT2D eigenvalue weighted by atomic mass is 16.5. The molecule has 0 aliphatic carbocycles. The lowest BCUT2D eigenvalue weighted by molar-refractivity contribution is -0.128. The van der Waals surface area contributed by atoms with Crippen molar-refractivity contribution in [3.63, 3.8) is 0 Å². The Bertz CT molecular complexity index is 509. The lowest BCUT2D eigenvalue weighted by Crippen LogP contribution is -2.53. The van der Waals surface area contributed by atoms with E-state index < -0.39 is 0 Å². The van der Waals surface area contributed by atoms with Crippen molar-refractivity contribution in [3.8, 4) is 0 Å². The standard InChI is InChI=1S/C20H36N4O3/c1-15(12-24-8-3-6-19(24)25)11-21-20(26)22-18-7-9-23(13-16(18)2)14-17-5-4-10-27-17/h15-18H,3-14H2,1-2H3,(H2,21,22,26). The van der Waals surface area contributed by atoms with Gasteiger partial charge in [-0.2, -0.15) is 0 Å². The van der Waals surface area contributed by atoms with Gasteiger partial charge in [0.05, 0.1) is 6.10 Å². The minimum Gasteiger partial charge on any atom is -0.377 e. The molecule has 154 valence electrons. The lowest BCUT2D eigenvalue weighted by atomic mass is 9.93. The summed E-state index contributed by atoms with van der Waals surface area (Å²) in [6.07, 6.45) is 5.37. The van der Waals surface area contributed by atoms with Gasteiger partial charge in [-0.3, -0.25) is 4.79 Å². The zero-order valence-electron chi connectivity index (χ0n) is 16.9. The molecular weight excluding hydrogens is 344 g/mol. The molecule has 3 heterocycles. The third kappa shape index (κ3) is 6.07. The molecule has 7 nitrogen and oxygen atoms in total. The van der Waals surface area contributed by atoms with Gasteiger partial charge in [-0.25, -0.2) is 4.79 Å². The number of hydrogen-bond acceptors (Lipinski definition) is 4. The number of piperidine rings is 1. The van der Waals surface area contributed by atoms with Gasteiger partial charge in [-0.05, 0) is 37.5 Å². The van der Waals surface area contributed by atoms with Crippen molar-refractivity contribution in [1.29, 1.82) is 0 Å². The maximum atomic E-state index is 12.3. The van der Waals surface area contributed by atoms with Crippen LogP contribution in [0, 0.1) is 11.8 Å². The van der Waals surface area contributed by atoms with Gasteiger partial charge in [0.2, 0.25) is 5.91 Å². The second-order valence-corrected chi connectivity index (χ2v) is 8.67. The Morgan fingerprint density at radius 3 is 2.81 bits per heavy atom. The number of ether oxygens (including phenoxy) is 1. The molecule has 4 atom stereocenters. The topological polar surface area (TPSA) is 73.9 Å². The summed E-state index contributed by atoms with van der Waals surface area (Å²) in [7, 11) is 0. The predicted octanol–water partition coefficient (Wildman–Crippen LogP) is 1.43. The van der Waals surface area contributed by atoms with Crippen LogP contribution in [-0.2, 0) is 9.53 Å². The second-order valence-electron chi connectivity index (χ2n) is 8.67. The van der Waals surface area contributed by atoms with Crippen LogP contribution in [0.25, 0.3) is 0 Å². The highest BCUT2D eigenvalue weighted by Crippen LogP contribution is 2.20. The Kier molecular flexibility index (Phi) is 7.35. The van der Waals surface area contributed by atoms with Crippen LogP contribution >= 0.6 is 0 Å². The van der Waals surface area contributed by atoms with Crippen LogP contribution in [0.15, 0.2) is 0 Å². The van der Waals surface area contributed by atoms with E-state index in [1.165, 1.54) is 12.8 Å². The van der Waals surface area contributed by atoms with Crippen molar-refractivity contribution in [2.24, 2.45) is 11.8 Å². The van der Waals surface area contributed by atoms with E-state index in [2.05, 4.69) is 29.4 Å². The summed E-state index contributed by atoms with van der Waals surface area (Å²) in [5.41, 5.74) is 0. The third-order valence-corrected chi connectivity index (χ3v) is 6.11. The van der Waals surface area contributed by atoms with Gasteiger partial charge in [-0.1, -0.05) is 13.8 Å². The van der Waals surface area contributed by atoms with Crippen molar-refractivity contribution >= 4 is 11.9 Å². The fraction of sp³-hybridized carbons (Fsp3) is 0.900. The van der Waals surface area contributed by atoms with Crippen LogP contribution in [0.3, 0.4) is 0 Å². The second kappa shape index (κ2) is 9.73. The van der Waals surface area contributed by atoms with Gasteiger partial charge < -0.3 is 25.2 Å². The first-order valence-electron chi connectivity index (χ1n) is 10.7. The maximum absolute atomic E-state index is 12.3. The molecule has 0 aromatic rings. The minimum atomic E-state index is -0.0842. The van der Waals surface area contributed by atoms with E-state index in [1.54, 1.807) is 0 Å². The highest BCUT2D eigenvalue weighted by molar-refractivity contribution is 5.78. The largest absolute Gasteiger partial charge is 0.377 e. The minimum absolute atomic E-state index is 0.0842. The highest BCUT2D eigenvalue weighted by Gasteiger charge is 2.29. The number of nitrogens with one attached hydrogen (secondary N) is 2. The predicted molar refractivity (Wildman–Crippen MR) is 104 cm³/mol. The van der Waals surface area contributed by atoms with E-state index in [0.29, 0.717) is 25.0 Å². The molecule has 0 bridgehead atoms. The van der Waals surface area contributed by atoms with Crippen LogP contribution in [0.5, 0.6) is 0 Å². The van der Waals surface area contributed by atoms with E-state index in [4.69, 9.17) is 4.74 Å². The molecule has 4 unspecified atom stereocenters. The molecule has 3 rings (SSSR count). The molecule has 27 heavy (non-hydrogen) atoms. The number of urea groups is 1. The average Bonchev–Trinajstić information content (AvgIpc) is 3.28. The van der Waals surface area contributed by atoms with E-state index in [0.717, 1.165) is 52.2 Å². The zero-order valence-corrected chi connectivity index (χ0v) is 16.9. The number of carbonyl (C=O) groups is 2. The van der Waals surface area contributed by atoms with E-state index in [1.807, 2.05) is 4.90 Å². The van der Waals surface area contributed by atoms with Gasteiger partial charge in [-0.15, -0.1) is 0 Å². The van der Waals surface area contributed by atoms with Crippen molar-refractivity contribution in [1.82, 2.24) is 20.4 Å². The summed E-state index contributed by atoms with van der Waals surface area (Å²) in [5, 5.41) is 6.14. The molecule has 2 N–H and O–H groups in total. The fourth-order valence-corrected chi connectivity index (χ4v) is 4.51. The number of nitrogens with zero attached hydrogens (tertiary/aromatic N) is 2. The molecule has 3 amide bonds. The number of hydrogen-bond donors (Lipinski definition) is 2. The number of amides is 3. The van der Waals surface area contributed by atoms with Crippen molar-refractivity contribution in [2.75, 3.05) is 45.9 Å². The Morgan fingerprint density at radius 1 is 1.30 bits per heavy atom. The summed E-state index contributed by atoms with van der Waals surface area (Å²) in [6.45, 7) is 10.4. The third-order valence-electron chi connectivity index (χ3n) is 6.11. The first-order valence-corrected chi connectivity index (χ1v) is 10.7. The SMILES string of the molecule is CC(CNC(=O)NC1CCN(CC2CCCO2)CC1C)CN1CCCC1=O. The Morgan fingerprint density at radius 2 is 2.15 bits per heavy atom. The van der Waals surface area contributed by atoms with Gasteiger partial charge >= 0.3 is 6.03 Å². The summed E-state index contributed by atoms with van der Waals surface area (Å²) >= 11 is 0. The molecule has 3 fully saturated rings. The molecule has 0 radical (unpaired) electrons. The van der Waals surface area contributed by atoms with Crippen LogP contribution in [0.4, 0.5) is 4.79 Å². The van der Waals surface area contributed by atoms with Gasteiger partial charge in [0.15, 0.2) is 0 Å². The summed E-state index contributed by atoms with van der Waals surface area (Å²) in [5.74, 6) is 0.948. The van der Waals surface area contributed by atoms with Crippen LogP contribution in [0.1, 0.15) is 46.0 Å². The fourth-order valence-electron chi connectivity index (χ4n) is 4.51. The quantitative estimate of drug-likeness (QED) is 0.701. The van der Waals surface area contributed by atoms with Crippen molar-refractivity contribution in [2.45, 2.75) is 58.1 Å². The Balaban J connectivity index is 1.32. The first-order chi connectivity index (χ1) is 13.0. The Hall–Kier alpha value is -1.34. The van der Waals surface area contributed by atoms with Gasteiger partial charge in [0.1, 0.15) is 0 Å². The lowest BCUT2D eigenvalue weighted by Gasteiger charge is -2.38. The van der Waals surface area contributed by atoms with E-state index in [-0.39, 0.29) is 23.9 Å². The average molecular weight is 381 g/mol. The number of likely N-dealkylation sites (tertiary alicyclic amines) is 2. The molecule has 3 aliphatic rings. The van der Waals surface area contributed by atoms with Crippen LogP contribution < -0.4 is 10.6 Å². The van der Waals surface area contributed by atoms with Crippen LogP contribution in [0.2, 0.25) is 0 Å². The maximum Gasteiger partial charge on any atom is 0.315 e. The van der Waals surface area contributed by atoms with Gasteiger partial charge in [0, 0.05) is 58.3 Å². The van der Waals surface area contributed by atoms with Crippen LogP contribution in [-0.4, -0.2) is 79.8 Å². The molecule has 7 heteroatoms. The van der Waals surface area contributed by atoms with Crippen molar-refractivity contribution < 1.29 is 14.3 Å². The number of rotatable bonds is 7. The molecule has 0 spiro atoms. The molecule has 0 saturated carbocycles. The summed E-state index contributed by atoms with van der Waals surface area (Å²) in [4.78, 5) is 28.4. The van der Waals surface area contributed by atoms with Crippen molar-refractivity contribution in [3.05, 3.63) is 0 Å². The summed E-state index contributed by atoms with van der Waals surface area (Å²) < 4.78 is 5.74. The first kappa shape index (κ1) is 20.4. The molecule has 3 saturated heterocycles. The number of carbonyl (C=O) groups excluding carboxylic acids is 2. The smallest absolute Gasteiger partial charge is 0.315 e. The summed E-state index contributed by atoms with van der Waals surface area (Å²) in [6, 6.07) is 0.139. The molecule has 3 aliphatic heterocycles. The van der Waals surface area contributed by atoms with E-state index in [9.17, 15) is 9.59 Å². The normalized spacial score (nSPS) is 30.5. The zero-order chi connectivity index (χ0) is 19.2. The van der Waals surface area contributed by atoms with Gasteiger partial charge in [0.25, 0.3) is 0 Å². The Labute approximate surface area is 163 Å². The molecule has 0 aromatic heterocycles. The van der Waals surface area contributed by atoms with E-state index >= 15 is 0 Å². The monoisotopic (exact) mass is 380 g/mol.